The second-order valence-corrected chi connectivity index (χ2v) is 15.4. The molecule has 0 spiro atoms. The number of carbonyl (C=O) groups is 2. The van der Waals surface area contributed by atoms with Crippen molar-refractivity contribution in [1.82, 2.24) is 19.8 Å². The third-order valence-electron chi connectivity index (χ3n) is 12.3. The number of benzene rings is 5. The van der Waals surface area contributed by atoms with Crippen LogP contribution in [0.4, 0.5) is 5.69 Å². The van der Waals surface area contributed by atoms with Crippen molar-refractivity contribution in [2.45, 2.75) is 55.8 Å². The molecule has 2 aliphatic heterocycles. The molecular weight excluding hydrogens is 691 g/mol. The number of hydrogen-bond donors (Lipinski definition) is 2. The highest BCUT2D eigenvalue weighted by Gasteiger charge is 2.48. The topological polar surface area (TPSA) is 79.3 Å². The van der Waals surface area contributed by atoms with Gasteiger partial charge in [-0.2, -0.15) is 0 Å². The van der Waals surface area contributed by atoms with Crippen LogP contribution >= 0.6 is 0 Å². The molecule has 0 bridgehead atoms. The van der Waals surface area contributed by atoms with Crippen molar-refractivity contribution in [2.24, 2.45) is 11.8 Å². The fourth-order valence-electron chi connectivity index (χ4n) is 9.83. The van der Waals surface area contributed by atoms with Gasteiger partial charge in [0, 0.05) is 42.7 Å². The normalized spacial score (nSPS) is 21.9. The molecule has 5 atom stereocenters. The minimum Gasteiger partial charge on any atom is -0.378 e. The zero-order valence-corrected chi connectivity index (χ0v) is 31.5. The van der Waals surface area contributed by atoms with Crippen LogP contribution in [-0.2, 0) is 15.1 Å². The fraction of sp³-hybridized carbons (Fsp3) is 0.245. The Morgan fingerprint density at radius 3 is 1.96 bits per heavy atom. The van der Waals surface area contributed by atoms with E-state index in [4.69, 9.17) is 4.98 Å². The molecule has 2 fully saturated rings. The smallest absolute Gasteiger partial charge is 0.244 e. The number of fused-ring (bicyclic) bond motifs is 3. The molecule has 6 aromatic rings. The average Bonchev–Trinajstić information content (AvgIpc) is 3.93. The van der Waals surface area contributed by atoms with E-state index in [9.17, 15) is 9.59 Å². The van der Waals surface area contributed by atoms with Gasteiger partial charge in [0.1, 0.15) is 11.4 Å². The summed E-state index contributed by atoms with van der Waals surface area (Å²) in [5.74, 6) is 0.567. The van der Waals surface area contributed by atoms with Crippen LogP contribution in [0.5, 0.6) is 0 Å². The summed E-state index contributed by atoms with van der Waals surface area (Å²) in [6, 6.07) is 50.2. The zero-order chi connectivity index (χ0) is 37.9. The molecule has 9 rings (SSSR count). The summed E-state index contributed by atoms with van der Waals surface area (Å²) < 4.78 is 2.16. The molecule has 1 saturated carbocycles. The molecule has 2 N–H and O–H groups in total. The molecule has 1 aromatic heterocycles. The quantitative estimate of drug-likeness (QED) is 0.115. The van der Waals surface area contributed by atoms with E-state index in [0.29, 0.717) is 12.4 Å². The number of rotatable bonds is 9. The van der Waals surface area contributed by atoms with Crippen molar-refractivity contribution in [3.8, 4) is 0 Å². The number of carbonyl (C=O) groups excluding carboxylic acids is 2. The minimum absolute atomic E-state index is 0.0127. The van der Waals surface area contributed by atoms with Crippen LogP contribution in [0.15, 0.2) is 164 Å². The van der Waals surface area contributed by atoms with E-state index in [0.717, 1.165) is 54.5 Å². The monoisotopic (exact) mass is 737 g/mol. The van der Waals surface area contributed by atoms with Gasteiger partial charge in [-0.1, -0.05) is 152 Å². The highest BCUT2D eigenvalue weighted by molar-refractivity contribution is 5.92. The van der Waals surface area contributed by atoms with Gasteiger partial charge in [0.05, 0.1) is 18.0 Å². The zero-order valence-electron chi connectivity index (χ0n) is 31.5. The number of amides is 2. The number of imidazole rings is 1. The maximum absolute atomic E-state index is 14.7. The summed E-state index contributed by atoms with van der Waals surface area (Å²) in [4.78, 5) is 35.5. The van der Waals surface area contributed by atoms with Crippen LogP contribution in [0.3, 0.4) is 0 Å². The molecule has 7 heteroatoms. The van der Waals surface area contributed by atoms with Crippen molar-refractivity contribution in [3.63, 3.8) is 0 Å². The number of para-hydroxylation sites is 1. The Labute approximate surface area is 329 Å². The number of nitrogens with one attached hydrogen (secondary N) is 2. The van der Waals surface area contributed by atoms with Crippen molar-refractivity contribution in [2.75, 3.05) is 11.9 Å². The summed E-state index contributed by atoms with van der Waals surface area (Å²) in [5.41, 5.74) is 6.00. The number of aromatic nitrogens is 2. The van der Waals surface area contributed by atoms with E-state index >= 15 is 0 Å². The van der Waals surface area contributed by atoms with Gasteiger partial charge in [-0.25, -0.2) is 4.98 Å². The van der Waals surface area contributed by atoms with E-state index in [-0.39, 0.29) is 41.8 Å². The van der Waals surface area contributed by atoms with Gasteiger partial charge in [-0.05, 0) is 59.2 Å². The largest absolute Gasteiger partial charge is 0.378 e. The Bertz CT molecular complexity index is 2210. The highest BCUT2D eigenvalue weighted by Crippen LogP contribution is 2.52. The SMILES string of the molecule is O=C(/C=C/c1nccn1C(c1ccccc1)(c1ccccc1)c1ccccc1)N[C@@H]1CCCC[C@@H]1C(=O)N1CC[C@@H]2[C@H](c3ccccc3)Nc3ccccc3[C@@H]21. The Morgan fingerprint density at radius 1 is 0.714 bits per heavy atom. The summed E-state index contributed by atoms with van der Waals surface area (Å²) >= 11 is 0. The first kappa shape index (κ1) is 35.5. The Morgan fingerprint density at radius 2 is 1.30 bits per heavy atom. The van der Waals surface area contributed by atoms with Crippen molar-refractivity contribution in [1.29, 1.82) is 0 Å². The number of hydrogen-bond acceptors (Lipinski definition) is 4. The van der Waals surface area contributed by atoms with E-state index in [2.05, 4.69) is 147 Å². The summed E-state index contributed by atoms with van der Waals surface area (Å²) in [6.45, 7) is 0.708. The van der Waals surface area contributed by atoms with Gasteiger partial charge in [0.2, 0.25) is 11.8 Å². The lowest BCUT2D eigenvalue weighted by molar-refractivity contribution is -0.139. The lowest BCUT2D eigenvalue weighted by Gasteiger charge is -2.42. The third kappa shape index (κ3) is 6.41. The van der Waals surface area contributed by atoms with Gasteiger partial charge in [0.25, 0.3) is 0 Å². The average molecular weight is 738 g/mol. The predicted molar refractivity (Wildman–Crippen MR) is 222 cm³/mol. The van der Waals surface area contributed by atoms with E-state index in [1.807, 2.05) is 24.4 Å². The second kappa shape index (κ2) is 15.5. The van der Waals surface area contributed by atoms with Crippen LogP contribution in [-0.4, -0.2) is 38.9 Å². The van der Waals surface area contributed by atoms with Crippen LogP contribution in [0.25, 0.3) is 6.08 Å². The Hall–Kier alpha value is -6.21. The number of likely N-dealkylation sites (tertiary alicyclic amines) is 1. The highest BCUT2D eigenvalue weighted by atomic mass is 16.2. The Kier molecular flexibility index (Phi) is 9.82. The number of nitrogens with zero attached hydrogens (tertiary/aromatic N) is 3. The third-order valence-corrected chi connectivity index (χ3v) is 12.3. The van der Waals surface area contributed by atoms with Gasteiger partial charge in [-0.15, -0.1) is 0 Å². The van der Waals surface area contributed by atoms with Crippen LogP contribution in [0.1, 0.15) is 77.8 Å². The lowest BCUT2D eigenvalue weighted by Crippen LogP contribution is -2.49. The molecule has 2 amide bonds. The molecule has 56 heavy (non-hydrogen) atoms. The molecule has 7 nitrogen and oxygen atoms in total. The van der Waals surface area contributed by atoms with Crippen molar-refractivity contribution >= 4 is 23.6 Å². The van der Waals surface area contributed by atoms with E-state index in [1.165, 1.54) is 11.1 Å². The van der Waals surface area contributed by atoms with E-state index in [1.54, 1.807) is 18.3 Å². The molecule has 1 saturated heterocycles. The van der Waals surface area contributed by atoms with Gasteiger partial charge < -0.3 is 20.1 Å². The molecule has 3 heterocycles. The predicted octanol–water partition coefficient (Wildman–Crippen LogP) is 9.17. The van der Waals surface area contributed by atoms with Crippen molar-refractivity contribution in [3.05, 3.63) is 198 Å². The maximum Gasteiger partial charge on any atom is 0.244 e. The van der Waals surface area contributed by atoms with E-state index < -0.39 is 5.54 Å². The standard InChI is InChI=1S/C49H47N5O2/c55-45(30-29-44-50-32-34-54(44)49(36-19-7-2-8-20-36,37-21-9-3-10-22-37)38-23-11-4-12-24-38)51-43-28-16-14-26-40(43)48(56)53-33-31-41-46(35-17-5-1-6-18-35)52-42-27-15-13-25-39(42)47(41)53/h1-13,15,17-25,27,29-30,32,34,40-41,43,46-47,52H,14,16,26,28,31,33H2,(H,51,55)/b30-29+/t40-,41+,43+,46-,47-/m0/s1. The van der Waals surface area contributed by atoms with Gasteiger partial charge in [0.15, 0.2) is 0 Å². The maximum atomic E-state index is 14.7. The first-order valence-corrected chi connectivity index (χ1v) is 20.0. The van der Waals surface area contributed by atoms with Crippen LogP contribution in [0, 0.1) is 11.8 Å². The summed E-state index contributed by atoms with van der Waals surface area (Å²) in [7, 11) is 0. The lowest BCUT2D eigenvalue weighted by atomic mass is 9.76. The number of anilines is 1. The second-order valence-electron chi connectivity index (χ2n) is 15.4. The molecular formula is C49H47N5O2. The van der Waals surface area contributed by atoms with Crippen LogP contribution < -0.4 is 10.6 Å². The molecule has 280 valence electrons. The molecule has 5 aromatic carbocycles. The first-order chi connectivity index (χ1) is 27.6. The summed E-state index contributed by atoms with van der Waals surface area (Å²) in [5, 5.41) is 7.11. The van der Waals surface area contributed by atoms with Gasteiger partial charge in [-0.3, -0.25) is 9.59 Å². The van der Waals surface area contributed by atoms with Crippen LogP contribution in [0.2, 0.25) is 0 Å². The molecule has 0 unspecified atom stereocenters. The summed E-state index contributed by atoms with van der Waals surface area (Å²) in [6.07, 6.45) is 11.6. The molecule has 0 radical (unpaired) electrons. The minimum atomic E-state index is -0.752. The first-order valence-electron chi connectivity index (χ1n) is 20.0. The van der Waals surface area contributed by atoms with Crippen molar-refractivity contribution < 1.29 is 9.59 Å². The Balaban J connectivity index is 0.988. The van der Waals surface area contributed by atoms with Gasteiger partial charge >= 0.3 is 0 Å². The molecule has 3 aliphatic rings. The molecule has 1 aliphatic carbocycles. The fourth-order valence-corrected chi connectivity index (χ4v) is 9.83.